The summed E-state index contributed by atoms with van der Waals surface area (Å²) in [5.74, 6) is 0.579. The zero-order chi connectivity index (χ0) is 14.9. The second kappa shape index (κ2) is 5.49. The zero-order valence-corrected chi connectivity index (χ0v) is 12.8. The van der Waals surface area contributed by atoms with Crippen LogP contribution in [0.4, 0.5) is 5.82 Å². The molecule has 3 N–H and O–H groups in total. The molecule has 0 amide bonds. The molecule has 110 valence electrons. The number of benzene rings is 1. The number of aryl methyl sites for hydroxylation is 1. The third-order valence-electron chi connectivity index (χ3n) is 4.40. The fourth-order valence-electron chi connectivity index (χ4n) is 3.29. The van der Waals surface area contributed by atoms with Gasteiger partial charge in [0.05, 0.1) is 0 Å². The Morgan fingerprint density at radius 2 is 2.14 bits per heavy atom. The average Bonchev–Trinajstić information content (AvgIpc) is 2.85. The summed E-state index contributed by atoms with van der Waals surface area (Å²) in [5.41, 5.74) is 10.7. The van der Waals surface area contributed by atoms with Crippen LogP contribution in [0, 0.1) is 6.92 Å². The molecule has 1 saturated heterocycles. The molecule has 2 aromatic rings. The molecule has 0 radical (unpaired) electrons. The van der Waals surface area contributed by atoms with Gasteiger partial charge < -0.3 is 11.1 Å². The average molecular weight is 281 g/mol. The van der Waals surface area contributed by atoms with Crippen LogP contribution >= 0.6 is 0 Å². The predicted octanol–water partition coefficient (Wildman–Crippen LogP) is 3.32. The van der Waals surface area contributed by atoms with Crippen molar-refractivity contribution in [2.24, 2.45) is 0 Å². The van der Waals surface area contributed by atoms with Gasteiger partial charge >= 0.3 is 0 Å². The summed E-state index contributed by atoms with van der Waals surface area (Å²) in [7, 11) is 0. The number of nitrogens with two attached hydrogens (primary N) is 1. The van der Waals surface area contributed by atoms with Crippen LogP contribution in [-0.4, -0.2) is 17.1 Å². The van der Waals surface area contributed by atoms with Crippen LogP contribution in [0.1, 0.15) is 31.0 Å². The van der Waals surface area contributed by atoms with Gasteiger partial charge in [0.1, 0.15) is 5.82 Å². The second-order valence-corrected chi connectivity index (χ2v) is 6.34. The second-order valence-electron chi connectivity index (χ2n) is 6.34. The lowest BCUT2D eigenvalue weighted by molar-refractivity contribution is 0.413. The Hall–Kier alpha value is -1.87. The van der Waals surface area contributed by atoms with E-state index in [0.717, 1.165) is 24.2 Å². The van der Waals surface area contributed by atoms with Crippen LogP contribution in [0.15, 0.2) is 36.4 Å². The number of nitrogen functional groups attached to an aromatic ring is 1. The van der Waals surface area contributed by atoms with Crippen LogP contribution < -0.4 is 11.1 Å². The van der Waals surface area contributed by atoms with Gasteiger partial charge in [-0.05, 0) is 62.9 Å². The number of anilines is 1. The van der Waals surface area contributed by atoms with E-state index in [1.807, 2.05) is 13.0 Å². The number of nitrogens with zero attached hydrogens (tertiary/aromatic N) is 1. The van der Waals surface area contributed by atoms with Gasteiger partial charge in [-0.2, -0.15) is 0 Å². The fraction of sp³-hybridized carbons (Fsp3) is 0.389. The number of nitrogens with one attached hydrogen (secondary N) is 1. The van der Waals surface area contributed by atoms with Gasteiger partial charge in [0.2, 0.25) is 0 Å². The van der Waals surface area contributed by atoms with Crippen LogP contribution in [-0.2, 0) is 6.42 Å². The van der Waals surface area contributed by atoms with Gasteiger partial charge in [0.15, 0.2) is 0 Å². The molecule has 3 nitrogen and oxygen atoms in total. The fourth-order valence-corrected chi connectivity index (χ4v) is 3.29. The maximum atomic E-state index is 5.74. The van der Waals surface area contributed by atoms with Gasteiger partial charge in [0, 0.05) is 16.8 Å². The number of rotatable bonds is 3. The topological polar surface area (TPSA) is 50.9 Å². The van der Waals surface area contributed by atoms with Crippen molar-refractivity contribution in [1.29, 1.82) is 0 Å². The minimum Gasteiger partial charge on any atom is -0.384 e. The molecule has 2 heterocycles. The Bertz CT molecular complexity index is 643. The van der Waals surface area contributed by atoms with Gasteiger partial charge in [-0.1, -0.05) is 24.3 Å². The highest BCUT2D eigenvalue weighted by Gasteiger charge is 2.27. The largest absolute Gasteiger partial charge is 0.384 e. The molecule has 21 heavy (non-hydrogen) atoms. The summed E-state index contributed by atoms with van der Waals surface area (Å²) in [6, 6.07) is 12.7. The molecule has 1 unspecified atom stereocenters. The number of hydrogen-bond donors (Lipinski definition) is 2. The smallest absolute Gasteiger partial charge is 0.123 e. The summed E-state index contributed by atoms with van der Waals surface area (Å²) < 4.78 is 0. The normalized spacial score (nSPS) is 21.6. The lowest BCUT2D eigenvalue weighted by atomic mass is 9.90. The van der Waals surface area contributed by atoms with E-state index in [4.69, 9.17) is 5.73 Å². The first kappa shape index (κ1) is 14.1. The van der Waals surface area contributed by atoms with Crippen molar-refractivity contribution in [2.75, 3.05) is 12.3 Å². The molecule has 0 aliphatic carbocycles. The van der Waals surface area contributed by atoms with E-state index in [1.54, 1.807) is 0 Å². The molecule has 0 spiro atoms. The van der Waals surface area contributed by atoms with Crippen molar-refractivity contribution in [2.45, 2.75) is 38.6 Å². The molecule has 1 aliphatic heterocycles. The number of pyridine rings is 1. The molecule has 1 aromatic heterocycles. The molecule has 1 aliphatic rings. The van der Waals surface area contributed by atoms with E-state index < -0.39 is 0 Å². The SMILES string of the molecule is Cc1nc(N)ccc1-c1cccc(CC2(C)CCCN2)c1. The quantitative estimate of drug-likeness (QED) is 0.907. The van der Waals surface area contributed by atoms with Crippen LogP contribution in [0.2, 0.25) is 0 Å². The molecule has 1 fully saturated rings. The number of hydrogen-bond acceptors (Lipinski definition) is 3. The minimum absolute atomic E-state index is 0.243. The number of aromatic nitrogens is 1. The molecular weight excluding hydrogens is 258 g/mol. The summed E-state index contributed by atoms with van der Waals surface area (Å²) in [5, 5.41) is 3.63. The lowest BCUT2D eigenvalue weighted by Gasteiger charge is -2.24. The molecule has 1 aromatic carbocycles. The molecular formula is C18H23N3. The van der Waals surface area contributed by atoms with Crippen LogP contribution in [0.3, 0.4) is 0 Å². The van der Waals surface area contributed by atoms with E-state index >= 15 is 0 Å². The third kappa shape index (κ3) is 3.08. The van der Waals surface area contributed by atoms with E-state index in [2.05, 4.69) is 47.6 Å². The van der Waals surface area contributed by atoms with Crippen molar-refractivity contribution < 1.29 is 0 Å². The Morgan fingerprint density at radius 3 is 2.86 bits per heavy atom. The van der Waals surface area contributed by atoms with E-state index in [0.29, 0.717) is 5.82 Å². The van der Waals surface area contributed by atoms with Crippen molar-refractivity contribution in [3.63, 3.8) is 0 Å². The summed E-state index contributed by atoms with van der Waals surface area (Å²) in [6.07, 6.45) is 3.60. The first-order chi connectivity index (χ1) is 10.1. The minimum atomic E-state index is 0.243. The lowest BCUT2D eigenvalue weighted by Crippen LogP contribution is -2.38. The maximum Gasteiger partial charge on any atom is 0.123 e. The van der Waals surface area contributed by atoms with Gasteiger partial charge in [-0.3, -0.25) is 0 Å². The summed E-state index contributed by atoms with van der Waals surface area (Å²) in [6.45, 7) is 5.47. The summed E-state index contributed by atoms with van der Waals surface area (Å²) >= 11 is 0. The molecule has 3 rings (SSSR count). The predicted molar refractivity (Wildman–Crippen MR) is 88.2 cm³/mol. The van der Waals surface area contributed by atoms with Crippen molar-refractivity contribution in [3.8, 4) is 11.1 Å². The highest BCUT2D eigenvalue weighted by Crippen LogP contribution is 2.27. The highest BCUT2D eigenvalue weighted by atomic mass is 15.0. The Balaban J connectivity index is 1.89. The van der Waals surface area contributed by atoms with Crippen molar-refractivity contribution in [3.05, 3.63) is 47.7 Å². The van der Waals surface area contributed by atoms with E-state index in [-0.39, 0.29) is 5.54 Å². The van der Waals surface area contributed by atoms with Crippen LogP contribution in [0.5, 0.6) is 0 Å². The first-order valence-electron chi connectivity index (χ1n) is 7.63. The maximum absolute atomic E-state index is 5.74. The third-order valence-corrected chi connectivity index (χ3v) is 4.40. The molecule has 0 bridgehead atoms. The Labute approximate surface area is 126 Å². The highest BCUT2D eigenvalue weighted by molar-refractivity contribution is 5.67. The van der Waals surface area contributed by atoms with Crippen molar-refractivity contribution in [1.82, 2.24) is 10.3 Å². The molecule has 0 saturated carbocycles. The van der Waals surface area contributed by atoms with Crippen molar-refractivity contribution >= 4 is 5.82 Å². The zero-order valence-electron chi connectivity index (χ0n) is 12.8. The van der Waals surface area contributed by atoms with E-state index in [9.17, 15) is 0 Å². The summed E-state index contributed by atoms with van der Waals surface area (Å²) in [4.78, 5) is 4.36. The van der Waals surface area contributed by atoms with Gasteiger partial charge in [-0.25, -0.2) is 4.98 Å². The van der Waals surface area contributed by atoms with Gasteiger partial charge in [0.25, 0.3) is 0 Å². The van der Waals surface area contributed by atoms with E-state index in [1.165, 1.54) is 24.0 Å². The molecule has 1 atom stereocenters. The monoisotopic (exact) mass is 281 g/mol. The van der Waals surface area contributed by atoms with Crippen LogP contribution in [0.25, 0.3) is 11.1 Å². The Kier molecular flexibility index (Phi) is 3.68. The first-order valence-corrected chi connectivity index (χ1v) is 7.63. The van der Waals surface area contributed by atoms with Gasteiger partial charge in [-0.15, -0.1) is 0 Å². The standard InChI is InChI=1S/C18H23N3/c1-13-16(7-8-17(19)21-13)15-6-3-5-14(11-15)12-18(2)9-4-10-20-18/h3,5-8,11,20H,4,9-10,12H2,1-2H3,(H2,19,21). The Morgan fingerprint density at radius 1 is 1.29 bits per heavy atom. The molecule has 3 heteroatoms.